The summed E-state index contributed by atoms with van der Waals surface area (Å²) in [6.07, 6.45) is 3.07. The van der Waals surface area contributed by atoms with E-state index in [0.717, 1.165) is 46.4 Å². The lowest BCUT2D eigenvalue weighted by atomic mass is 9.56. The van der Waals surface area contributed by atoms with E-state index in [1.807, 2.05) is 24.3 Å². The van der Waals surface area contributed by atoms with Gasteiger partial charge in [0.25, 0.3) is 0 Å². The molecule has 2 bridgehead atoms. The van der Waals surface area contributed by atoms with Crippen LogP contribution in [0.1, 0.15) is 45.6 Å². The van der Waals surface area contributed by atoms with Gasteiger partial charge in [0.1, 0.15) is 5.82 Å². The van der Waals surface area contributed by atoms with Crippen molar-refractivity contribution in [2.75, 3.05) is 11.9 Å². The Balaban J connectivity index is 1.65. The number of hydrogen-bond acceptors (Lipinski definition) is 5. The third-order valence-corrected chi connectivity index (χ3v) is 8.28. The van der Waals surface area contributed by atoms with Gasteiger partial charge in [0, 0.05) is 24.9 Å². The van der Waals surface area contributed by atoms with Crippen LogP contribution in [0.5, 0.6) is 0 Å². The molecular formula is C25H28N4O3. The summed E-state index contributed by atoms with van der Waals surface area (Å²) in [5, 5.41) is 3.49. The van der Waals surface area contributed by atoms with Gasteiger partial charge in [-0.25, -0.2) is 9.78 Å². The number of para-hydroxylation sites is 1. The molecular weight excluding hydrogens is 404 g/mol. The summed E-state index contributed by atoms with van der Waals surface area (Å²) in [4.78, 5) is 48.2. The zero-order valence-electron chi connectivity index (χ0n) is 18.9. The van der Waals surface area contributed by atoms with E-state index in [4.69, 9.17) is 4.98 Å². The molecule has 4 heterocycles. The van der Waals surface area contributed by atoms with E-state index in [9.17, 15) is 14.4 Å². The van der Waals surface area contributed by atoms with Crippen LogP contribution in [-0.2, 0) is 16.0 Å². The summed E-state index contributed by atoms with van der Waals surface area (Å²) in [5.41, 5.74) is 0.317. The Morgan fingerprint density at radius 3 is 2.62 bits per heavy atom. The van der Waals surface area contributed by atoms with Crippen molar-refractivity contribution < 1.29 is 14.4 Å². The van der Waals surface area contributed by atoms with Crippen LogP contribution < -0.4 is 10.2 Å². The van der Waals surface area contributed by atoms with E-state index in [1.54, 1.807) is 0 Å². The van der Waals surface area contributed by atoms with Crippen molar-refractivity contribution in [2.45, 2.75) is 58.5 Å². The standard InChI is InChI=1S/C25H28N4O3/c1-23(2)11-16-12-24(3,13-23)19-25(20(30)27-22(32)28(4)21(25)31)10-15-9-14-7-5-6-8-17(14)26-18(15)29(16)19/h5-9,16,19H,10-13H2,1-4H3,(H,27,30,32)/t16-,19+,24+,25-/m0/s1. The molecule has 4 atom stereocenters. The number of anilines is 1. The lowest BCUT2D eigenvalue weighted by molar-refractivity contribution is -0.155. The van der Waals surface area contributed by atoms with Gasteiger partial charge in [-0.15, -0.1) is 0 Å². The number of carbonyl (C=O) groups is 3. The van der Waals surface area contributed by atoms with Crippen molar-refractivity contribution in [2.24, 2.45) is 16.2 Å². The fourth-order valence-corrected chi connectivity index (χ4v) is 7.64. The Hall–Kier alpha value is -2.96. The minimum atomic E-state index is -1.34. The zero-order valence-corrected chi connectivity index (χ0v) is 18.9. The molecule has 3 aliphatic heterocycles. The molecule has 0 radical (unpaired) electrons. The maximum atomic E-state index is 13.8. The number of nitrogens with zero attached hydrogens (tertiary/aromatic N) is 3. The van der Waals surface area contributed by atoms with Gasteiger partial charge in [0.15, 0.2) is 5.41 Å². The van der Waals surface area contributed by atoms with Crippen LogP contribution in [0, 0.1) is 16.2 Å². The number of rotatable bonds is 0. The zero-order chi connectivity index (χ0) is 22.6. The molecule has 7 nitrogen and oxygen atoms in total. The van der Waals surface area contributed by atoms with Gasteiger partial charge >= 0.3 is 6.03 Å². The van der Waals surface area contributed by atoms with Crippen molar-refractivity contribution in [1.29, 1.82) is 0 Å². The summed E-state index contributed by atoms with van der Waals surface area (Å²) in [6.45, 7) is 6.77. The molecule has 1 spiro atoms. The van der Waals surface area contributed by atoms with Gasteiger partial charge in [0.05, 0.1) is 11.6 Å². The lowest BCUT2D eigenvalue weighted by Gasteiger charge is -2.53. The minimum Gasteiger partial charge on any atom is -0.348 e. The molecule has 3 fully saturated rings. The van der Waals surface area contributed by atoms with Crippen molar-refractivity contribution in [3.8, 4) is 0 Å². The number of hydrogen-bond donors (Lipinski definition) is 1. The predicted molar refractivity (Wildman–Crippen MR) is 120 cm³/mol. The average Bonchev–Trinajstić information content (AvgIpc) is 2.95. The van der Waals surface area contributed by atoms with Gasteiger partial charge in [0.2, 0.25) is 11.8 Å². The second-order valence-corrected chi connectivity index (χ2v) is 11.3. The minimum absolute atomic E-state index is 0.0864. The van der Waals surface area contributed by atoms with E-state index < -0.39 is 23.3 Å². The predicted octanol–water partition coefficient (Wildman–Crippen LogP) is 3.26. The molecule has 1 saturated carbocycles. The Morgan fingerprint density at radius 1 is 1.09 bits per heavy atom. The molecule has 1 aromatic heterocycles. The number of amides is 4. The number of benzene rings is 1. The summed E-state index contributed by atoms with van der Waals surface area (Å²) in [5.74, 6) is 0.0310. The first-order valence-corrected chi connectivity index (χ1v) is 11.4. The first kappa shape index (κ1) is 19.7. The number of nitrogens with one attached hydrogen (secondary N) is 1. The Morgan fingerprint density at radius 2 is 1.84 bits per heavy atom. The van der Waals surface area contributed by atoms with Crippen molar-refractivity contribution >= 4 is 34.6 Å². The molecule has 6 rings (SSSR count). The molecule has 2 aromatic rings. The van der Waals surface area contributed by atoms with E-state index in [0.29, 0.717) is 0 Å². The second kappa shape index (κ2) is 5.88. The maximum Gasteiger partial charge on any atom is 0.330 e. The third-order valence-electron chi connectivity index (χ3n) is 8.28. The number of barbiturate groups is 1. The molecule has 0 unspecified atom stereocenters. The molecule has 7 heteroatoms. The van der Waals surface area contributed by atoms with Gasteiger partial charge in [-0.2, -0.15) is 0 Å². The molecule has 4 aliphatic rings. The lowest BCUT2D eigenvalue weighted by Crippen LogP contribution is -2.72. The van der Waals surface area contributed by atoms with Crippen LogP contribution in [0.4, 0.5) is 10.6 Å². The number of aromatic nitrogens is 1. The molecule has 32 heavy (non-hydrogen) atoms. The van der Waals surface area contributed by atoms with Crippen molar-refractivity contribution in [1.82, 2.24) is 15.2 Å². The molecule has 4 amide bonds. The van der Waals surface area contributed by atoms with Crippen LogP contribution in [-0.4, -0.2) is 46.9 Å². The smallest absolute Gasteiger partial charge is 0.330 e. The molecule has 1 aliphatic carbocycles. The molecule has 1 aromatic carbocycles. The highest BCUT2D eigenvalue weighted by Crippen LogP contribution is 2.63. The summed E-state index contributed by atoms with van der Waals surface area (Å²) >= 11 is 0. The van der Waals surface area contributed by atoms with Crippen molar-refractivity contribution in [3.05, 3.63) is 35.9 Å². The van der Waals surface area contributed by atoms with E-state index in [-0.39, 0.29) is 29.3 Å². The third kappa shape index (κ3) is 2.31. The monoisotopic (exact) mass is 432 g/mol. The quantitative estimate of drug-likeness (QED) is 0.646. The van der Waals surface area contributed by atoms with Gasteiger partial charge in [-0.05, 0) is 47.8 Å². The number of imide groups is 2. The Bertz CT molecular complexity index is 1220. The Labute approximate surface area is 187 Å². The molecule has 2 saturated heterocycles. The fourth-order valence-electron chi connectivity index (χ4n) is 7.64. The van der Waals surface area contributed by atoms with Crippen LogP contribution in [0.2, 0.25) is 0 Å². The second-order valence-electron chi connectivity index (χ2n) is 11.3. The molecule has 1 N–H and O–H groups in total. The van der Waals surface area contributed by atoms with Gasteiger partial charge in [-0.1, -0.05) is 39.0 Å². The SMILES string of the molecule is CN1C(=O)NC(=O)[C@@]2(Cc3cc4ccccc4nc3N3[C@H]4CC(C)(C)C[C@@](C)(C4)[C@@H]32)C1=O. The highest BCUT2D eigenvalue weighted by molar-refractivity contribution is 6.20. The van der Waals surface area contributed by atoms with Crippen LogP contribution in [0.15, 0.2) is 30.3 Å². The Kier molecular flexibility index (Phi) is 3.62. The number of urea groups is 1. The molecule has 166 valence electrons. The number of pyridine rings is 1. The van der Waals surface area contributed by atoms with E-state index in [2.05, 4.69) is 37.1 Å². The summed E-state index contributed by atoms with van der Waals surface area (Å²) < 4.78 is 0. The summed E-state index contributed by atoms with van der Waals surface area (Å²) in [7, 11) is 1.47. The topological polar surface area (TPSA) is 82.6 Å². The summed E-state index contributed by atoms with van der Waals surface area (Å²) in [6, 6.07) is 9.24. The van der Waals surface area contributed by atoms with E-state index in [1.165, 1.54) is 7.05 Å². The van der Waals surface area contributed by atoms with Crippen LogP contribution in [0.25, 0.3) is 10.9 Å². The van der Waals surface area contributed by atoms with Crippen LogP contribution in [0.3, 0.4) is 0 Å². The van der Waals surface area contributed by atoms with E-state index >= 15 is 0 Å². The van der Waals surface area contributed by atoms with Crippen molar-refractivity contribution in [3.63, 3.8) is 0 Å². The largest absolute Gasteiger partial charge is 0.348 e. The van der Waals surface area contributed by atoms with Gasteiger partial charge < -0.3 is 4.90 Å². The fraction of sp³-hybridized carbons (Fsp3) is 0.520. The highest BCUT2D eigenvalue weighted by Gasteiger charge is 2.71. The highest BCUT2D eigenvalue weighted by atomic mass is 16.2. The van der Waals surface area contributed by atoms with Crippen LogP contribution >= 0.6 is 0 Å². The maximum absolute atomic E-state index is 13.8. The number of carbonyl (C=O) groups excluding carboxylic acids is 3. The first-order valence-electron chi connectivity index (χ1n) is 11.4. The first-order chi connectivity index (χ1) is 15.1. The number of fused-ring (bicyclic) bond motifs is 9. The average molecular weight is 433 g/mol. The van der Waals surface area contributed by atoms with Gasteiger partial charge in [-0.3, -0.25) is 19.8 Å². The normalized spacial score (nSPS) is 35.2.